The zero-order valence-electron chi connectivity index (χ0n) is 8.78. The number of hydrogen-bond donors (Lipinski definition) is 2. The molecule has 0 saturated heterocycles. The lowest BCUT2D eigenvalue weighted by Crippen LogP contribution is -2.04. The maximum absolute atomic E-state index is 10.4. The van der Waals surface area contributed by atoms with Crippen LogP contribution >= 0.6 is 0 Å². The second-order valence-corrected chi connectivity index (χ2v) is 3.38. The Hall–Kier alpha value is -1.71. The molecule has 2 N–H and O–H groups in total. The number of phenols is 1. The molecule has 0 aliphatic rings. The predicted octanol–water partition coefficient (Wildman–Crippen LogP) is 2.71. The van der Waals surface area contributed by atoms with Crippen molar-refractivity contribution in [1.82, 2.24) is 0 Å². The van der Waals surface area contributed by atoms with E-state index in [2.05, 4.69) is 4.74 Å². The number of phenolic OH excluding ortho intramolecular Hbond substituents is 1. The summed E-state index contributed by atoms with van der Waals surface area (Å²) < 4.78 is 4.48. The molecule has 1 rings (SSSR count). The number of aryl methyl sites for hydroxylation is 2. The van der Waals surface area contributed by atoms with Gasteiger partial charge in [-0.1, -0.05) is 19.4 Å². The van der Waals surface area contributed by atoms with Crippen LogP contribution in [-0.4, -0.2) is 16.4 Å². The molecule has 0 radical (unpaired) electrons. The molecule has 0 aliphatic carbocycles. The maximum atomic E-state index is 10.4. The molecule has 0 aromatic heterocycles. The quantitative estimate of drug-likeness (QED) is 0.594. The van der Waals surface area contributed by atoms with Crippen LogP contribution in [0.25, 0.3) is 0 Å². The molecule has 0 heterocycles. The number of carboxylic acid groups (broad SMARTS) is 1. The average molecular weight is 210 g/mol. The van der Waals surface area contributed by atoms with Crippen molar-refractivity contribution in [2.24, 2.45) is 0 Å². The fourth-order valence-electron chi connectivity index (χ4n) is 1.42. The Morgan fingerprint density at radius 3 is 2.67 bits per heavy atom. The normalized spacial score (nSPS) is 10.0. The minimum absolute atomic E-state index is 0.00551. The molecule has 1 aromatic carbocycles. The summed E-state index contributed by atoms with van der Waals surface area (Å²) in [6.45, 7) is 3.74. The van der Waals surface area contributed by atoms with E-state index in [1.54, 1.807) is 13.0 Å². The number of rotatable bonds is 3. The highest BCUT2D eigenvalue weighted by atomic mass is 16.7. The predicted molar refractivity (Wildman–Crippen MR) is 55.5 cm³/mol. The van der Waals surface area contributed by atoms with Crippen molar-refractivity contribution < 1.29 is 19.7 Å². The highest BCUT2D eigenvalue weighted by Crippen LogP contribution is 2.31. The van der Waals surface area contributed by atoms with Crippen LogP contribution in [0.4, 0.5) is 4.79 Å². The Kier molecular flexibility index (Phi) is 3.55. The van der Waals surface area contributed by atoms with Gasteiger partial charge in [-0.3, -0.25) is 0 Å². The molecule has 4 heteroatoms. The smallest absolute Gasteiger partial charge is 0.504 e. The molecule has 0 bridgehead atoms. The molecule has 82 valence electrons. The first-order valence-corrected chi connectivity index (χ1v) is 4.77. The van der Waals surface area contributed by atoms with Gasteiger partial charge in [-0.05, 0) is 30.5 Å². The van der Waals surface area contributed by atoms with Gasteiger partial charge in [-0.15, -0.1) is 0 Å². The largest absolute Gasteiger partial charge is 0.511 e. The fraction of sp³-hybridized carbons (Fsp3) is 0.364. The zero-order chi connectivity index (χ0) is 11.4. The molecule has 0 fully saturated rings. The van der Waals surface area contributed by atoms with Gasteiger partial charge in [-0.25, -0.2) is 4.79 Å². The van der Waals surface area contributed by atoms with Gasteiger partial charge in [-0.2, -0.15) is 0 Å². The average Bonchev–Trinajstić information content (AvgIpc) is 2.13. The van der Waals surface area contributed by atoms with Gasteiger partial charge in [0, 0.05) is 0 Å². The van der Waals surface area contributed by atoms with E-state index < -0.39 is 6.16 Å². The molecule has 1 aromatic rings. The minimum Gasteiger partial charge on any atom is -0.504 e. The zero-order valence-corrected chi connectivity index (χ0v) is 8.78. The minimum atomic E-state index is -1.42. The highest BCUT2D eigenvalue weighted by Gasteiger charge is 2.11. The summed E-state index contributed by atoms with van der Waals surface area (Å²) in [7, 11) is 0. The van der Waals surface area contributed by atoms with Gasteiger partial charge in [0.05, 0.1) is 0 Å². The van der Waals surface area contributed by atoms with Crippen molar-refractivity contribution >= 4 is 6.16 Å². The molecular weight excluding hydrogens is 196 g/mol. The van der Waals surface area contributed by atoms with Crippen LogP contribution in [0.5, 0.6) is 11.5 Å². The van der Waals surface area contributed by atoms with Gasteiger partial charge in [0.25, 0.3) is 0 Å². The summed E-state index contributed by atoms with van der Waals surface area (Å²) in [5.41, 5.74) is 1.58. The van der Waals surface area contributed by atoms with Crippen LogP contribution < -0.4 is 4.74 Å². The van der Waals surface area contributed by atoms with Gasteiger partial charge in [0.15, 0.2) is 11.5 Å². The van der Waals surface area contributed by atoms with Crippen molar-refractivity contribution in [3.05, 3.63) is 23.3 Å². The van der Waals surface area contributed by atoms with Gasteiger partial charge in [0.1, 0.15) is 0 Å². The first kappa shape index (κ1) is 11.4. The molecule has 0 spiro atoms. The van der Waals surface area contributed by atoms with Crippen LogP contribution in [0.3, 0.4) is 0 Å². The molecule has 0 atom stereocenters. The summed E-state index contributed by atoms with van der Waals surface area (Å²) in [4.78, 5) is 10.4. The van der Waals surface area contributed by atoms with Crippen molar-refractivity contribution in [1.29, 1.82) is 0 Å². The Bertz CT molecular complexity index is 371. The van der Waals surface area contributed by atoms with Gasteiger partial charge < -0.3 is 14.9 Å². The first-order chi connectivity index (χ1) is 7.04. The van der Waals surface area contributed by atoms with E-state index in [0.717, 1.165) is 18.4 Å². The topological polar surface area (TPSA) is 66.8 Å². The third kappa shape index (κ3) is 2.87. The Labute approximate surface area is 88.1 Å². The molecule has 0 amide bonds. The Morgan fingerprint density at radius 2 is 2.13 bits per heavy atom. The molecule has 0 saturated carbocycles. The van der Waals surface area contributed by atoms with Crippen LogP contribution in [0.15, 0.2) is 12.1 Å². The van der Waals surface area contributed by atoms with E-state index in [1.165, 1.54) is 0 Å². The lowest BCUT2D eigenvalue weighted by atomic mass is 10.1. The summed E-state index contributed by atoms with van der Waals surface area (Å²) in [5, 5.41) is 18.0. The lowest BCUT2D eigenvalue weighted by Gasteiger charge is -2.08. The molecule has 4 nitrogen and oxygen atoms in total. The van der Waals surface area contributed by atoms with E-state index in [-0.39, 0.29) is 11.5 Å². The number of ether oxygens (including phenoxy) is 1. The number of benzene rings is 1. The standard InChI is InChI=1S/C11H14O4/c1-3-4-8-5-7(2)10(12)9(6-8)15-11(13)14/h5-6,12H,3-4H2,1-2H3,(H,13,14). The van der Waals surface area contributed by atoms with Crippen LogP contribution in [0.1, 0.15) is 24.5 Å². The number of hydrogen-bond acceptors (Lipinski definition) is 3. The highest BCUT2D eigenvalue weighted by molar-refractivity contribution is 5.64. The first-order valence-electron chi connectivity index (χ1n) is 4.77. The van der Waals surface area contributed by atoms with Crippen LogP contribution in [0.2, 0.25) is 0 Å². The molecule has 0 aliphatic heterocycles. The monoisotopic (exact) mass is 210 g/mol. The Balaban J connectivity index is 3.06. The summed E-state index contributed by atoms with van der Waals surface area (Å²) in [6, 6.07) is 3.38. The van der Waals surface area contributed by atoms with E-state index in [4.69, 9.17) is 5.11 Å². The van der Waals surface area contributed by atoms with Crippen LogP contribution in [-0.2, 0) is 6.42 Å². The summed E-state index contributed by atoms with van der Waals surface area (Å²) in [5.74, 6) is -0.108. The third-order valence-electron chi connectivity index (χ3n) is 2.06. The van der Waals surface area contributed by atoms with E-state index >= 15 is 0 Å². The molecule has 15 heavy (non-hydrogen) atoms. The van der Waals surface area contributed by atoms with Crippen LogP contribution in [0, 0.1) is 6.92 Å². The van der Waals surface area contributed by atoms with E-state index in [1.807, 2.05) is 13.0 Å². The molecular formula is C11H14O4. The second kappa shape index (κ2) is 4.68. The Morgan fingerprint density at radius 1 is 1.47 bits per heavy atom. The van der Waals surface area contributed by atoms with E-state index in [0.29, 0.717) is 5.56 Å². The van der Waals surface area contributed by atoms with Gasteiger partial charge >= 0.3 is 6.16 Å². The summed E-state index contributed by atoms with van der Waals surface area (Å²) in [6.07, 6.45) is 0.367. The van der Waals surface area contributed by atoms with Crippen molar-refractivity contribution in [2.45, 2.75) is 26.7 Å². The van der Waals surface area contributed by atoms with E-state index in [9.17, 15) is 9.90 Å². The van der Waals surface area contributed by atoms with Crippen molar-refractivity contribution in [3.8, 4) is 11.5 Å². The van der Waals surface area contributed by atoms with Crippen molar-refractivity contribution in [2.75, 3.05) is 0 Å². The fourth-order valence-corrected chi connectivity index (χ4v) is 1.42. The SMILES string of the molecule is CCCc1cc(C)c(O)c(OC(=O)O)c1. The molecule has 0 unspecified atom stereocenters. The summed E-state index contributed by atoms with van der Waals surface area (Å²) >= 11 is 0. The maximum Gasteiger partial charge on any atom is 0.511 e. The second-order valence-electron chi connectivity index (χ2n) is 3.38. The number of aromatic hydroxyl groups is 1. The lowest BCUT2D eigenvalue weighted by molar-refractivity contribution is 0.143. The number of carbonyl (C=O) groups is 1. The third-order valence-corrected chi connectivity index (χ3v) is 2.06. The van der Waals surface area contributed by atoms with Crippen molar-refractivity contribution in [3.63, 3.8) is 0 Å². The van der Waals surface area contributed by atoms with Gasteiger partial charge in [0.2, 0.25) is 0 Å².